The van der Waals surface area contributed by atoms with E-state index in [-0.39, 0.29) is 0 Å². The fraction of sp³-hybridized carbons (Fsp3) is 0.571. The number of hydrogen-bond donors (Lipinski definition) is 0. The van der Waals surface area contributed by atoms with E-state index in [0.717, 1.165) is 4.68 Å². The quantitative estimate of drug-likeness (QED) is 0.618. The van der Waals surface area contributed by atoms with Gasteiger partial charge in [-0.2, -0.15) is 13.9 Å². The predicted molar refractivity (Wildman–Crippen MR) is 50.6 cm³/mol. The van der Waals surface area contributed by atoms with Gasteiger partial charge in [0, 0.05) is 11.8 Å². The van der Waals surface area contributed by atoms with Gasteiger partial charge in [-0.1, -0.05) is 0 Å². The van der Waals surface area contributed by atoms with Gasteiger partial charge in [0.05, 0.1) is 0 Å². The molecule has 0 unspecified atom stereocenters. The molecule has 80 valence electrons. The van der Waals surface area contributed by atoms with E-state index in [0.29, 0.717) is 9.26 Å². The van der Waals surface area contributed by atoms with E-state index in [2.05, 4.69) is 5.10 Å². The molecule has 0 atom stereocenters. The van der Waals surface area contributed by atoms with Gasteiger partial charge in [-0.15, -0.1) is 0 Å². The molecule has 14 heavy (non-hydrogen) atoms. The number of alkyl halides is 4. The lowest BCUT2D eigenvalue weighted by atomic mass is 10.3. The Morgan fingerprint density at radius 2 is 2.14 bits per heavy atom. The standard InChI is InChI=1S/C7H7F4IN2/c1-4-2-14(13-5(4)12)3-7(10,11)6(8)9/h2,6H,3H2,1H3. The molecule has 0 radical (unpaired) electrons. The van der Waals surface area contributed by atoms with E-state index in [4.69, 9.17) is 0 Å². The van der Waals surface area contributed by atoms with Crippen LogP contribution in [0.2, 0.25) is 0 Å². The molecule has 1 rings (SSSR count). The molecule has 0 amide bonds. The summed E-state index contributed by atoms with van der Waals surface area (Å²) in [6, 6.07) is 0. The van der Waals surface area contributed by atoms with Crippen LogP contribution < -0.4 is 0 Å². The zero-order valence-electron chi connectivity index (χ0n) is 7.15. The second-order valence-electron chi connectivity index (χ2n) is 2.86. The highest BCUT2D eigenvalue weighted by molar-refractivity contribution is 14.1. The summed E-state index contributed by atoms with van der Waals surface area (Å²) in [5.41, 5.74) is 0.690. The molecule has 0 aromatic carbocycles. The summed E-state index contributed by atoms with van der Waals surface area (Å²) in [5.74, 6) is -4.03. The van der Waals surface area contributed by atoms with Crippen molar-refractivity contribution in [3.63, 3.8) is 0 Å². The van der Waals surface area contributed by atoms with Crippen molar-refractivity contribution in [1.29, 1.82) is 0 Å². The summed E-state index contributed by atoms with van der Waals surface area (Å²) in [6.45, 7) is 0.584. The molecule has 0 N–H and O–H groups in total. The second-order valence-corrected chi connectivity index (χ2v) is 3.88. The predicted octanol–water partition coefficient (Wildman–Crippen LogP) is 2.70. The van der Waals surface area contributed by atoms with Crippen molar-refractivity contribution >= 4 is 22.6 Å². The summed E-state index contributed by atoms with van der Waals surface area (Å²) < 4.78 is 50.1. The lowest BCUT2D eigenvalue weighted by molar-refractivity contribution is -0.139. The zero-order valence-corrected chi connectivity index (χ0v) is 9.30. The topological polar surface area (TPSA) is 17.8 Å². The summed E-state index contributed by atoms with van der Waals surface area (Å²) in [6.07, 6.45) is -2.34. The van der Waals surface area contributed by atoms with Crippen molar-refractivity contribution < 1.29 is 17.6 Å². The Morgan fingerprint density at radius 3 is 2.50 bits per heavy atom. The van der Waals surface area contributed by atoms with Crippen molar-refractivity contribution in [3.05, 3.63) is 15.5 Å². The van der Waals surface area contributed by atoms with E-state index in [9.17, 15) is 17.6 Å². The third-order valence-corrected chi connectivity index (χ3v) is 2.64. The normalized spacial score (nSPS) is 12.5. The maximum Gasteiger partial charge on any atom is 0.326 e. The van der Waals surface area contributed by atoms with Crippen LogP contribution in [0.3, 0.4) is 0 Å². The maximum absolute atomic E-state index is 12.6. The first-order valence-corrected chi connectivity index (χ1v) is 4.76. The van der Waals surface area contributed by atoms with Gasteiger partial charge < -0.3 is 0 Å². The summed E-state index contributed by atoms with van der Waals surface area (Å²) in [7, 11) is 0. The largest absolute Gasteiger partial charge is 0.326 e. The lowest BCUT2D eigenvalue weighted by Crippen LogP contribution is -2.32. The van der Waals surface area contributed by atoms with E-state index in [1.54, 1.807) is 6.92 Å². The summed E-state index contributed by atoms with van der Waals surface area (Å²) in [5, 5.41) is 3.67. The number of hydrogen-bond acceptors (Lipinski definition) is 1. The lowest BCUT2D eigenvalue weighted by Gasteiger charge is -2.14. The fourth-order valence-corrected chi connectivity index (χ4v) is 1.28. The molecule has 0 saturated carbocycles. The molecule has 0 fully saturated rings. The molecular formula is C7H7F4IN2. The van der Waals surface area contributed by atoms with Gasteiger partial charge in [0.1, 0.15) is 10.2 Å². The zero-order chi connectivity index (χ0) is 10.9. The molecule has 1 aromatic rings. The number of aromatic nitrogens is 2. The molecule has 1 aromatic heterocycles. The number of halogens is 5. The average Bonchev–Trinajstić information content (AvgIpc) is 2.29. The first-order chi connectivity index (χ1) is 6.33. The molecular weight excluding hydrogens is 315 g/mol. The molecule has 0 aliphatic carbocycles. The maximum atomic E-state index is 12.6. The van der Waals surface area contributed by atoms with E-state index < -0.39 is 18.9 Å². The Bertz CT molecular complexity index is 304. The Balaban J connectivity index is 2.78. The van der Waals surface area contributed by atoms with Crippen LogP contribution in [0.5, 0.6) is 0 Å². The minimum atomic E-state index is -4.03. The van der Waals surface area contributed by atoms with Gasteiger partial charge in [-0.25, -0.2) is 8.78 Å². The Morgan fingerprint density at radius 1 is 1.57 bits per heavy atom. The van der Waals surface area contributed by atoms with Crippen LogP contribution in [0.25, 0.3) is 0 Å². The van der Waals surface area contributed by atoms with Gasteiger partial charge in [0.15, 0.2) is 0 Å². The summed E-state index contributed by atoms with van der Waals surface area (Å²) >= 11 is 1.85. The Hall–Kier alpha value is -0.340. The average molecular weight is 322 g/mol. The van der Waals surface area contributed by atoms with Crippen molar-refractivity contribution in [1.82, 2.24) is 9.78 Å². The van der Waals surface area contributed by atoms with Crippen LogP contribution >= 0.6 is 22.6 Å². The highest BCUT2D eigenvalue weighted by Crippen LogP contribution is 2.25. The third-order valence-electron chi connectivity index (χ3n) is 1.58. The van der Waals surface area contributed by atoms with Gasteiger partial charge in [0.2, 0.25) is 0 Å². The van der Waals surface area contributed by atoms with E-state index >= 15 is 0 Å². The van der Waals surface area contributed by atoms with Crippen molar-refractivity contribution in [2.45, 2.75) is 25.8 Å². The SMILES string of the molecule is Cc1cn(CC(F)(F)C(F)F)nc1I. The molecule has 0 aliphatic heterocycles. The molecule has 2 nitrogen and oxygen atoms in total. The molecule has 0 saturated heterocycles. The van der Waals surface area contributed by atoms with E-state index in [1.807, 2.05) is 22.6 Å². The molecule has 1 heterocycles. The molecule has 7 heteroatoms. The van der Waals surface area contributed by atoms with Gasteiger partial charge in [0.25, 0.3) is 0 Å². The van der Waals surface area contributed by atoms with E-state index in [1.165, 1.54) is 6.20 Å². The second kappa shape index (κ2) is 4.03. The molecule has 0 spiro atoms. The fourth-order valence-electron chi connectivity index (χ4n) is 0.863. The van der Waals surface area contributed by atoms with Crippen molar-refractivity contribution in [2.75, 3.05) is 0 Å². The van der Waals surface area contributed by atoms with Crippen LogP contribution in [0.4, 0.5) is 17.6 Å². The van der Waals surface area contributed by atoms with Crippen molar-refractivity contribution in [3.8, 4) is 0 Å². The number of rotatable bonds is 3. The van der Waals surface area contributed by atoms with Crippen LogP contribution in [0.15, 0.2) is 6.20 Å². The van der Waals surface area contributed by atoms with Crippen LogP contribution in [0, 0.1) is 10.6 Å². The Labute approximate surface area is 91.4 Å². The minimum Gasteiger partial charge on any atom is -0.265 e. The monoisotopic (exact) mass is 322 g/mol. The van der Waals surface area contributed by atoms with Gasteiger partial charge >= 0.3 is 12.3 Å². The number of aryl methyl sites for hydroxylation is 1. The smallest absolute Gasteiger partial charge is 0.265 e. The van der Waals surface area contributed by atoms with Gasteiger partial charge in [-0.05, 0) is 29.5 Å². The van der Waals surface area contributed by atoms with Crippen molar-refractivity contribution in [2.24, 2.45) is 0 Å². The summed E-state index contributed by atoms with van der Waals surface area (Å²) in [4.78, 5) is 0. The van der Waals surface area contributed by atoms with Gasteiger partial charge in [-0.3, -0.25) is 4.68 Å². The molecule has 0 aliphatic rings. The first-order valence-electron chi connectivity index (χ1n) is 3.68. The Kier molecular flexibility index (Phi) is 3.38. The van der Waals surface area contributed by atoms with Crippen LogP contribution in [-0.2, 0) is 6.54 Å². The highest BCUT2D eigenvalue weighted by Gasteiger charge is 2.41. The number of nitrogens with zero attached hydrogens (tertiary/aromatic N) is 2. The minimum absolute atomic E-state index is 0.535. The first kappa shape index (κ1) is 11.7. The van der Waals surface area contributed by atoms with Crippen LogP contribution in [0.1, 0.15) is 5.56 Å². The van der Waals surface area contributed by atoms with Crippen LogP contribution in [-0.4, -0.2) is 22.1 Å². The highest BCUT2D eigenvalue weighted by atomic mass is 127. The molecule has 0 bridgehead atoms. The third kappa shape index (κ3) is 2.58.